The van der Waals surface area contributed by atoms with Crippen molar-refractivity contribution in [1.82, 2.24) is 19.6 Å². The maximum Gasteiger partial charge on any atom is 0.229 e. The Balaban J connectivity index is 1.27. The van der Waals surface area contributed by atoms with E-state index in [2.05, 4.69) is 38.3 Å². The number of halogens is 2. The van der Waals surface area contributed by atoms with Gasteiger partial charge in [0.15, 0.2) is 0 Å². The molecule has 4 aromatic rings. The van der Waals surface area contributed by atoms with Crippen LogP contribution in [0.15, 0.2) is 48.9 Å². The van der Waals surface area contributed by atoms with E-state index in [0.29, 0.717) is 43.3 Å². The summed E-state index contributed by atoms with van der Waals surface area (Å²) in [6.45, 7) is 3.57. The van der Waals surface area contributed by atoms with Crippen molar-refractivity contribution in [3.8, 4) is 17.3 Å². The van der Waals surface area contributed by atoms with E-state index in [1.54, 1.807) is 24.7 Å². The van der Waals surface area contributed by atoms with Crippen LogP contribution in [0, 0.1) is 28.9 Å². The van der Waals surface area contributed by atoms with E-state index in [0.717, 1.165) is 17.8 Å². The monoisotopic (exact) mass is 576 g/mol. The summed E-state index contributed by atoms with van der Waals surface area (Å²) in [4.78, 5) is 10.9. The minimum Gasteiger partial charge on any atom is -0.380 e. The van der Waals surface area contributed by atoms with Crippen molar-refractivity contribution in [1.29, 1.82) is 5.26 Å². The summed E-state index contributed by atoms with van der Waals surface area (Å²) < 4.78 is 42.7. The minimum absolute atomic E-state index is 0.0190. The Labute approximate surface area is 240 Å². The molecule has 3 atom stereocenters. The van der Waals surface area contributed by atoms with E-state index >= 15 is 8.78 Å². The van der Waals surface area contributed by atoms with Gasteiger partial charge in [-0.1, -0.05) is 6.92 Å². The van der Waals surface area contributed by atoms with Gasteiger partial charge in [-0.05, 0) is 35.9 Å². The number of aromatic nitrogens is 4. The zero-order valence-corrected chi connectivity index (χ0v) is 22.9. The lowest BCUT2D eigenvalue weighted by Gasteiger charge is -2.42. The number of nitrogens with one attached hydrogen (secondary N) is 1. The molecule has 42 heavy (non-hydrogen) atoms. The van der Waals surface area contributed by atoms with Crippen molar-refractivity contribution in [2.75, 3.05) is 43.1 Å². The number of nitrogens with two attached hydrogens (primary N) is 1. The molecule has 5 heterocycles. The van der Waals surface area contributed by atoms with Crippen LogP contribution < -0.4 is 16.0 Å². The molecule has 0 bridgehead atoms. The normalized spacial score (nSPS) is 21.6. The van der Waals surface area contributed by atoms with Gasteiger partial charge in [-0.15, -0.1) is 0 Å². The number of nitriles is 1. The van der Waals surface area contributed by atoms with Crippen molar-refractivity contribution < 1.29 is 23.4 Å². The SMILES string of the molecule is C[C@H]1CN(c2ccncc2Nc2ncc3ccc(-c4c(F)cc(C5(O)COC5)cc4F)nn23)C[C@@H](N)[C@H]1OCCC#N. The van der Waals surface area contributed by atoms with E-state index < -0.39 is 17.2 Å². The molecule has 2 saturated heterocycles. The highest BCUT2D eigenvalue weighted by Gasteiger charge is 2.39. The summed E-state index contributed by atoms with van der Waals surface area (Å²) in [5, 5.41) is 27.0. The van der Waals surface area contributed by atoms with Crippen LogP contribution in [0.1, 0.15) is 18.9 Å². The topological polar surface area (TPSA) is 147 Å². The third-order valence-corrected chi connectivity index (χ3v) is 7.73. The minimum atomic E-state index is -1.40. The Kier molecular flexibility index (Phi) is 7.46. The van der Waals surface area contributed by atoms with Gasteiger partial charge in [0.1, 0.15) is 17.2 Å². The van der Waals surface area contributed by atoms with Gasteiger partial charge in [0.25, 0.3) is 0 Å². The second-order valence-corrected chi connectivity index (χ2v) is 10.8. The third kappa shape index (κ3) is 5.14. The molecular formula is C29H30F2N8O3. The van der Waals surface area contributed by atoms with Gasteiger partial charge in [-0.2, -0.15) is 14.9 Å². The largest absolute Gasteiger partial charge is 0.380 e. The molecule has 1 aromatic carbocycles. The van der Waals surface area contributed by atoms with E-state index in [4.69, 9.17) is 20.5 Å². The summed E-state index contributed by atoms with van der Waals surface area (Å²) in [6, 6.07) is 9.12. The maximum absolute atomic E-state index is 15.2. The number of anilines is 3. The molecule has 4 N–H and O–H groups in total. The van der Waals surface area contributed by atoms with E-state index in [-0.39, 0.29) is 48.1 Å². The molecule has 0 amide bonds. The quantitative estimate of drug-likeness (QED) is 0.267. The van der Waals surface area contributed by atoms with Crippen molar-refractivity contribution in [2.24, 2.45) is 11.7 Å². The smallest absolute Gasteiger partial charge is 0.229 e. The molecule has 13 heteroatoms. The first-order valence-corrected chi connectivity index (χ1v) is 13.6. The number of aliphatic hydroxyl groups is 1. The summed E-state index contributed by atoms with van der Waals surface area (Å²) in [5.41, 5.74) is 7.06. The van der Waals surface area contributed by atoms with Crippen LogP contribution in [0.4, 0.5) is 26.1 Å². The third-order valence-electron chi connectivity index (χ3n) is 7.73. The van der Waals surface area contributed by atoms with E-state index in [1.165, 1.54) is 10.6 Å². The van der Waals surface area contributed by atoms with Crippen molar-refractivity contribution in [3.05, 3.63) is 66.1 Å². The first kappa shape index (κ1) is 27.9. The molecule has 218 valence electrons. The standard InChI is InChI=1S/C29H30F2N8O3/c1-17-13-38(14-22(33)27(17)42-8-2-6-32)25-5-7-34-12-24(25)36-28-35-11-19-3-4-23(37-39(19)28)26-20(30)9-18(10-21(26)31)29(40)15-41-16-29/h3-5,7,9-12,17,22,27,40H,2,8,13-16,33H2,1H3,(H,35,36)/t17-,22+,27-/m0/s1. The van der Waals surface area contributed by atoms with Gasteiger partial charge < -0.3 is 30.5 Å². The summed E-state index contributed by atoms with van der Waals surface area (Å²) in [7, 11) is 0. The van der Waals surface area contributed by atoms with Crippen LogP contribution in [0.5, 0.6) is 0 Å². The van der Waals surface area contributed by atoms with Crippen LogP contribution in [0.3, 0.4) is 0 Å². The molecule has 2 aliphatic rings. The number of piperidine rings is 1. The molecule has 11 nitrogen and oxygen atoms in total. The maximum atomic E-state index is 15.2. The average Bonchev–Trinajstić information content (AvgIpc) is 3.35. The highest BCUT2D eigenvalue weighted by Crippen LogP contribution is 2.35. The van der Waals surface area contributed by atoms with Crippen LogP contribution >= 0.6 is 0 Å². The molecule has 0 spiro atoms. The molecule has 0 unspecified atom stereocenters. The van der Waals surface area contributed by atoms with Gasteiger partial charge >= 0.3 is 0 Å². The fraction of sp³-hybridized carbons (Fsp3) is 0.379. The van der Waals surface area contributed by atoms with Crippen molar-refractivity contribution >= 4 is 22.8 Å². The summed E-state index contributed by atoms with van der Waals surface area (Å²) in [5.74, 6) is -1.25. The number of hydrogen-bond donors (Lipinski definition) is 3. The molecule has 3 aromatic heterocycles. The molecule has 6 rings (SSSR count). The Hall–Kier alpha value is -4.22. The Morgan fingerprint density at radius 1 is 1.21 bits per heavy atom. The summed E-state index contributed by atoms with van der Waals surface area (Å²) in [6.07, 6.45) is 5.10. The first-order chi connectivity index (χ1) is 20.3. The lowest BCUT2D eigenvalue weighted by Crippen LogP contribution is -2.56. The summed E-state index contributed by atoms with van der Waals surface area (Å²) >= 11 is 0. The van der Waals surface area contributed by atoms with Crippen molar-refractivity contribution in [2.45, 2.75) is 31.1 Å². The Bertz CT molecular complexity index is 1620. The Morgan fingerprint density at radius 2 is 2.00 bits per heavy atom. The lowest BCUT2D eigenvalue weighted by atomic mass is 9.90. The number of rotatable bonds is 8. The number of nitrogens with zero attached hydrogens (tertiary/aromatic N) is 6. The number of imidazole rings is 1. The van der Waals surface area contributed by atoms with Crippen LogP contribution in [0.25, 0.3) is 16.8 Å². The average molecular weight is 577 g/mol. The second kappa shape index (κ2) is 11.2. The predicted octanol–water partition coefficient (Wildman–Crippen LogP) is 3.11. The number of ether oxygens (including phenoxy) is 2. The van der Waals surface area contributed by atoms with Gasteiger partial charge in [-0.3, -0.25) is 4.98 Å². The van der Waals surface area contributed by atoms with Gasteiger partial charge in [0.2, 0.25) is 5.95 Å². The van der Waals surface area contributed by atoms with Crippen molar-refractivity contribution in [3.63, 3.8) is 0 Å². The number of pyridine rings is 1. The zero-order chi connectivity index (χ0) is 29.4. The van der Waals surface area contributed by atoms with E-state index in [1.807, 2.05) is 6.07 Å². The van der Waals surface area contributed by atoms with Crippen LogP contribution in [-0.4, -0.2) is 69.7 Å². The van der Waals surface area contributed by atoms with Gasteiger partial charge in [0.05, 0.1) is 79.0 Å². The number of hydrogen-bond acceptors (Lipinski definition) is 10. The molecule has 0 aliphatic carbocycles. The van der Waals surface area contributed by atoms with Gasteiger partial charge in [0, 0.05) is 31.2 Å². The van der Waals surface area contributed by atoms with E-state index in [9.17, 15) is 5.11 Å². The highest BCUT2D eigenvalue weighted by molar-refractivity contribution is 5.74. The Morgan fingerprint density at radius 3 is 2.69 bits per heavy atom. The molecule has 0 radical (unpaired) electrons. The molecule has 2 fully saturated rings. The number of fused-ring (bicyclic) bond motifs is 1. The molecular weight excluding hydrogens is 546 g/mol. The molecule has 0 saturated carbocycles. The fourth-order valence-corrected chi connectivity index (χ4v) is 5.56. The fourth-order valence-electron chi connectivity index (χ4n) is 5.56. The van der Waals surface area contributed by atoms with Crippen LogP contribution in [0.2, 0.25) is 0 Å². The number of benzene rings is 1. The molecule has 2 aliphatic heterocycles. The first-order valence-electron chi connectivity index (χ1n) is 13.6. The highest BCUT2D eigenvalue weighted by atomic mass is 19.1. The lowest BCUT2D eigenvalue weighted by molar-refractivity contribution is -0.184. The predicted molar refractivity (Wildman–Crippen MR) is 150 cm³/mol. The van der Waals surface area contributed by atoms with Crippen LogP contribution in [-0.2, 0) is 15.1 Å². The zero-order valence-electron chi connectivity index (χ0n) is 22.9. The van der Waals surface area contributed by atoms with Gasteiger partial charge in [-0.25, -0.2) is 13.8 Å². The second-order valence-electron chi connectivity index (χ2n) is 10.8.